The Bertz CT molecular complexity index is 376. The molecule has 0 spiro atoms. The number of hydrogen-bond acceptors (Lipinski definition) is 4. The van der Waals surface area contributed by atoms with E-state index in [1.54, 1.807) is 6.20 Å². The van der Waals surface area contributed by atoms with Crippen molar-refractivity contribution in [1.29, 1.82) is 0 Å². The van der Waals surface area contributed by atoms with E-state index in [2.05, 4.69) is 15.6 Å². The number of aromatic nitrogens is 1. The number of carbonyl (C=O) groups is 1. The van der Waals surface area contributed by atoms with Gasteiger partial charge in [0.25, 0.3) is 0 Å². The topological polar surface area (TPSA) is 80.0 Å². The zero-order valence-electron chi connectivity index (χ0n) is 9.07. The van der Waals surface area contributed by atoms with Gasteiger partial charge >= 0.3 is 0 Å². The third-order valence-corrected chi connectivity index (χ3v) is 2.45. The molecule has 2 rings (SSSR count). The second-order valence-electron chi connectivity index (χ2n) is 3.95. The summed E-state index contributed by atoms with van der Waals surface area (Å²) >= 11 is 0. The molecule has 1 aliphatic carbocycles. The SMILES string of the molecule is Nc1ncccc1NCCC(=O)NC1CC1. The standard InChI is InChI=1S/C11H16N4O/c12-11-9(2-1-6-14-11)13-7-5-10(16)15-8-3-4-8/h1-2,6,8,13H,3-5,7H2,(H2,12,14)(H,15,16). The molecule has 0 aliphatic heterocycles. The molecule has 0 radical (unpaired) electrons. The fourth-order valence-corrected chi connectivity index (χ4v) is 1.41. The van der Waals surface area contributed by atoms with Crippen LogP contribution in [0, 0.1) is 0 Å². The summed E-state index contributed by atoms with van der Waals surface area (Å²) in [6, 6.07) is 4.08. The number of hydrogen-bond donors (Lipinski definition) is 3. The summed E-state index contributed by atoms with van der Waals surface area (Å²) in [5.74, 6) is 0.558. The molecule has 1 aromatic heterocycles. The van der Waals surface area contributed by atoms with Crippen LogP contribution in [0.2, 0.25) is 0 Å². The summed E-state index contributed by atoms with van der Waals surface area (Å²) < 4.78 is 0. The molecular weight excluding hydrogens is 204 g/mol. The van der Waals surface area contributed by atoms with Gasteiger partial charge in [0.15, 0.2) is 0 Å². The highest BCUT2D eigenvalue weighted by atomic mass is 16.1. The Kier molecular flexibility index (Phi) is 3.24. The highest BCUT2D eigenvalue weighted by molar-refractivity contribution is 5.77. The van der Waals surface area contributed by atoms with Gasteiger partial charge in [0.05, 0.1) is 5.69 Å². The molecule has 0 aromatic carbocycles. The van der Waals surface area contributed by atoms with Crippen molar-refractivity contribution >= 4 is 17.4 Å². The van der Waals surface area contributed by atoms with Crippen LogP contribution in [-0.4, -0.2) is 23.5 Å². The molecule has 1 fully saturated rings. The lowest BCUT2D eigenvalue weighted by Crippen LogP contribution is -2.27. The van der Waals surface area contributed by atoms with E-state index in [-0.39, 0.29) is 5.91 Å². The van der Waals surface area contributed by atoms with Crippen molar-refractivity contribution in [3.8, 4) is 0 Å². The van der Waals surface area contributed by atoms with E-state index in [0.29, 0.717) is 24.8 Å². The van der Waals surface area contributed by atoms with Gasteiger partial charge in [-0.2, -0.15) is 0 Å². The van der Waals surface area contributed by atoms with Gasteiger partial charge in [-0.1, -0.05) is 0 Å². The van der Waals surface area contributed by atoms with Crippen molar-refractivity contribution in [2.75, 3.05) is 17.6 Å². The number of nitrogens with one attached hydrogen (secondary N) is 2. The molecule has 0 unspecified atom stereocenters. The van der Waals surface area contributed by atoms with E-state index in [4.69, 9.17) is 5.73 Å². The molecule has 1 saturated carbocycles. The molecule has 1 aromatic rings. The second-order valence-corrected chi connectivity index (χ2v) is 3.95. The van der Waals surface area contributed by atoms with Gasteiger partial charge in [0.1, 0.15) is 5.82 Å². The van der Waals surface area contributed by atoms with Crippen LogP contribution in [0.1, 0.15) is 19.3 Å². The first-order valence-electron chi connectivity index (χ1n) is 5.49. The van der Waals surface area contributed by atoms with E-state index in [1.165, 1.54) is 0 Å². The van der Waals surface area contributed by atoms with Crippen molar-refractivity contribution in [2.24, 2.45) is 0 Å². The van der Waals surface area contributed by atoms with Crippen LogP contribution in [0.3, 0.4) is 0 Å². The van der Waals surface area contributed by atoms with Gasteiger partial charge < -0.3 is 16.4 Å². The third kappa shape index (κ3) is 3.12. The first-order chi connectivity index (χ1) is 7.75. The van der Waals surface area contributed by atoms with Crippen LogP contribution < -0.4 is 16.4 Å². The molecule has 5 nitrogen and oxygen atoms in total. The van der Waals surface area contributed by atoms with Crippen molar-refractivity contribution < 1.29 is 4.79 Å². The van der Waals surface area contributed by atoms with Gasteiger partial charge in [-0.05, 0) is 25.0 Å². The summed E-state index contributed by atoms with van der Waals surface area (Å²) in [6.07, 6.45) is 4.34. The number of nitrogen functional groups attached to an aromatic ring is 1. The Morgan fingerprint density at radius 3 is 3.06 bits per heavy atom. The first-order valence-corrected chi connectivity index (χ1v) is 5.49. The number of anilines is 2. The summed E-state index contributed by atoms with van der Waals surface area (Å²) in [4.78, 5) is 15.3. The van der Waals surface area contributed by atoms with E-state index < -0.39 is 0 Å². The predicted molar refractivity (Wildman–Crippen MR) is 62.9 cm³/mol. The molecule has 1 aliphatic rings. The van der Waals surface area contributed by atoms with Gasteiger partial charge in [-0.25, -0.2) is 4.98 Å². The van der Waals surface area contributed by atoms with Gasteiger partial charge in [-0.15, -0.1) is 0 Å². The van der Waals surface area contributed by atoms with Crippen LogP contribution in [0.25, 0.3) is 0 Å². The Hall–Kier alpha value is -1.78. The minimum Gasteiger partial charge on any atom is -0.382 e. The Morgan fingerprint density at radius 2 is 2.38 bits per heavy atom. The third-order valence-electron chi connectivity index (χ3n) is 2.45. The van der Waals surface area contributed by atoms with Crippen LogP contribution >= 0.6 is 0 Å². The molecular formula is C11H16N4O. The largest absolute Gasteiger partial charge is 0.382 e. The van der Waals surface area contributed by atoms with Crippen LogP contribution in [0.4, 0.5) is 11.5 Å². The smallest absolute Gasteiger partial charge is 0.221 e. The number of amides is 1. The van der Waals surface area contributed by atoms with Crippen molar-refractivity contribution in [3.63, 3.8) is 0 Å². The fraction of sp³-hybridized carbons (Fsp3) is 0.455. The summed E-state index contributed by atoms with van der Waals surface area (Å²) in [5, 5.41) is 6.02. The number of rotatable bonds is 5. The number of nitrogens with two attached hydrogens (primary N) is 1. The second kappa shape index (κ2) is 4.83. The number of carbonyl (C=O) groups excluding carboxylic acids is 1. The van der Waals surface area contributed by atoms with Crippen molar-refractivity contribution in [3.05, 3.63) is 18.3 Å². The monoisotopic (exact) mass is 220 g/mol. The molecule has 0 bridgehead atoms. The minimum absolute atomic E-state index is 0.0949. The maximum absolute atomic E-state index is 11.4. The minimum atomic E-state index is 0.0949. The molecule has 0 atom stereocenters. The molecule has 1 amide bonds. The molecule has 86 valence electrons. The van der Waals surface area contributed by atoms with Crippen molar-refractivity contribution in [2.45, 2.75) is 25.3 Å². The first kappa shape index (κ1) is 10.7. The number of pyridine rings is 1. The van der Waals surface area contributed by atoms with E-state index in [1.807, 2.05) is 12.1 Å². The Labute approximate surface area is 94.4 Å². The van der Waals surface area contributed by atoms with E-state index in [9.17, 15) is 4.79 Å². The molecule has 16 heavy (non-hydrogen) atoms. The van der Waals surface area contributed by atoms with Crippen molar-refractivity contribution in [1.82, 2.24) is 10.3 Å². The molecule has 5 heteroatoms. The fourth-order valence-electron chi connectivity index (χ4n) is 1.41. The van der Waals surface area contributed by atoms with Gasteiger partial charge in [0, 0.05) is 25.2 Å². The Balaban J connectivity index is 1.70. The van der Waals surface area contributed by atoms with Gasteiger partial charge in [0.2, 0.25) is 5.91 Å². The zero-order valence-corrected chi connectivity index (χ0v) is 9.07. The van der Waals surface area contributed by atoms with E-state index >= 15 is 0 Å². The zero-order chi connectivity index (χ0) is 11.4. The quantitative estimate of drug-likeness (QED) is 0.684. The highest BCUT2D eigenvalue weighted by Crippen LogP contribution is 2.18. The average molecular weight is 220 g/mol. The molecule has 1 heterocycles. The highest BCUT2D eigenvalue weighted by Gasteiger charge is 2.22. The molecule has 0 saturated heterocycles. The summed E-state index contributed by atoms with van der Waals surface area (Å²) in [5.41, 5.74) is 6.43. The average Bonchev–Trinajstić information content (AvgIpc) is 3.05. The van der Waals surface area contributed by atoms with Crippen LogP contribution in [0.15, 0.2) is 18.3 Å². The maximum Gasteiger partial charge on any atom is 0.221 e. The maximum atomic E-state index is 11.4. The summed E-state index contributed by atoms with van der Waals surface area (Å²) in [6.45, 7) is 0.578. The van der Waals surface area contributed by atoms with Crippen LogP contribution in [0.5, 0.6) is 0 Å². The lowest BCUT2D eigenvalue weighted by molar-refractivity contribution is -0.120. The van der Waals surface area contributed by atoms with Crippen LogP contribution in [-0.2, 0) is 4.79 Å². The lowest BCUT2D eigenvalue weighted by Gasteiger charge is -2.08. The number of nitrogens with zero attached hydrogens (tertiary/aromatic N) is 1. The van der Waals surface area contributed by atoms with Gasteiger partial charge in [-0.3, -0.25) is 4.79 Å². The Morgan fingerprint density at radius 1 is 1.56 bits per heavy atom. The summed E-state index contributed by atoms with van der Waals surface area (Å²) in [7, 11) is 0. The normalized spacial score (nSPS) is 14.5. The molecule has 4 N–H and O–H groups in total. The van der Waals surface area contributed by atoms with E-state index in [0.717, 1.165) is 18.5 Å². The predicted octanol–water partition coefficient (Wildman–Crippen LogP) is 0.744. The lowest BCUT2D eigenvalue weighted by atomic mass is 10.3.